The third-order valence-electron chi connectivity index (χ3n) is 3.21. The van der Waals surface area contributed by atoms with E-state index in [0.29, 0.717) is 21.5 Å². The van der Waals surface area contributed by atoms with Gasteiger partial charge in [0.15, 0.2) is 0 Å². The molecule has 21 heavy (non-hydrogen) atoms. The second-order valence-corrected chi connectivity index (χ2v) is 5.68. The molecule has 0 aliphatic heterocycles. The Balaban J connectivity index is 2.35. The van der Waals surface area contributed by atoms with Crippen LogP contribution in [-0.4, -0.2) is 13.0 Å². The number of ether oxygens (including phenoxy) is 1. The van der Waals surface area contributed by atoms with Crippen molar-refractivity contribution >= 4 is 33.2 Å². The lowest BCUT2D eigenvalue weighted by atomic mass is 10.1. The highest BCUT2D eigenvalue weighted by molar-refractivity contribution is 9.10. The second kappa shape index (κ2) is 6.18. The molecule has 0 atom stereocenters. The predicted octanol–water partition coefficient (Wildman–Crippen LogP) is 3.91. The van der Waals surface area contributed by atoms with Crippen LogP contribution in [0.3, 0.4) is 0 Å². The summed E-state index contributed by atoms with van der Waals surface area (Å²) in [5.41, 5.74) is 9.64. The molecule has 0 unspecified atom stereocenters. The van der Waals surface area contributed by atoms with Crippen molar-refractivity contribution in [2.75, 3.05) is 18.2 Å². The molecule has 1 amide bonds. The van der Waals surface area contributed by atoms with E-state index in [0.717, 1.165) is 16.8 Å². The molecule has 0 fully saturated rings. The predicted molar refractivity (Wildman–Crippen MR) is 89.0 cm³/mol. The maximum absolute atomic E-state index is 12.5. The summed E-state index contributed by atoms with van der Waals surface area (Å²) in [5.74, 6) is 0.436. The Morgan fingerprint density at radius 2 is 1.81 bits per heavy atom. The number of anilines is 2. The van der Waals surface area contributed by atoms with Gasteiger partial charge in [0.1, 0.15) is 5.75 Å². The lowest BCUT2D eigenvalue weighted by molar-refractivity contribution is 0.102. The number of amides is 1. The summed E-state index contributed by atoms with van der Waals surface area (Å²) in [6.45, 7) is 3.83. The van der Waals surface area contributed by atoms with Gasteiger partial charge < -0.3 is 15.8 Å². The molecule has 5 heteroatoms. The average molecular weight is 349 g/mol. The molecule has 0 heterocycles. The second-order valence-electron chi connectivity index (χ2n) is 4.83. The fourth-order valence-corrected chi connectivity index (χ4v) is 2.61. The van der Waals surface area contributed by atoms with Crippen LogP contribution in [0.1, 0.15) is 21.5 Å². The zero-order chi connectivity index (χ0) is 15.6. The van der Waals surface area contributed by atoms with Crippen molar-refractivity contribution in [1.29, 1.82) is 0 Å². The fraction of sp³-hybridized carbons (Fsp3) is 0.188. The SMILES string of the molecule is COc1ccc(Br)c(C(=O)Nc2c(C)cc(N)cc2C)c1. The van der Waals surface area contributed by atoms with E-state index < -0.39 is 0 Å². The number of nitrogen functional groups attached to an aromatic ring is 1. The van der Waals surface area contributed by atoms with Gasteiger partial charge in [0, 0.05) is 15.8 Å². The van der Waals surface area contributed by atoms with Gasteiger partial charge in [0.25, 0.3) is 5.91 Å². The van der Waals surface area contributed by atoms with Gasteiger partial charge in [-0.3, -0.25) is 4.79 Å². The maximum atomic E-state index is 12.5. The van der Waals surface area contributed by atoms with Gasteiger partial charge >= 0.3 is 0 Å². The van der Waals surface area contributed by atoms with Crippen molar-refractivity contribution in [2.24, 2.45) is 0 Å². The summed E-state index contributed by atoms with van der Waals surface area (Å²) >= 11 is 3.39. The summed E-state index contributed by atoms with van der Waals surface area (Å²) in [7, 11) is 1.57. The number of rotatable bonds is 3. The molecule has 0 saturated carbocycles. The molecule has 2 rings (SSSR count). The van der Waals surface area contributed by atoms with Crippen LogP contribution >= 0.6 is 15.9 Å². The normalized spacial score (nSPS) is 10.3. The van der Waals surface area contributed by atoms with Crippen LogP contribution in [0.2, 0.25) is 0 Å². The van der Waals surface area contributed by atoms with Crippen LogP contribution in [0, 0.1) is 13.8 Å². The van der Waals surface area contributed by atoms with Crippen molar-refractivity contribution in [3.05, 3.63) is 51.5 Å². The number of carbonyl (C=O) groups excluding carboxylic acids is 1. The molecule has 2 aromatic carbocycles. The van der Waals surface area contributed by atoms with Crippen molar-refractivity contribution in [1.82, 2.24) is 0 Å². The Labute approximate surface area is 132 Å². The number of nitrogens with two attached hydrogens (primary N) is 1. The molecule has 0 saturated heterocycles. The van der Waals surface area contributed by atoms with Crippen LogP contribution in [0.15, 0.2) is 34.8 Å². The molecular formula is C16H17BrN2O2. The van der Waals surface area contributed by atoms with Crippen molar-refractivity contribution < 1.29 is 9.53 Å². The van der Waals surface area contributed by atoms with E-state index >= 15 is 0 Å². The van der Waals surface area contributed by atoms with Crippen molar-refractivity contribution in [3.63, 3.8) is 0 Å². The summed E-state index contributed by atoms with van der Waals surface area (Å²) in [4.78, 5) is 12.5. The minimum absolute atomic E-state index is 0.197. The number of aryl methyl sites for hydroxylation is 2. The van der Waals surface area contributed by atoms with Crippen molar-refractivity contribution in [2.45, 2.75) is 13.8 Å². The van der Waals surface area contributed by atoms with Crippen molar-refractivity contribution in [3.8, 4) is 5.75 Å². The summed E-state index contributed by atoms with van der Waals surface area (Å²) in [5, 5.41) is 2.93. The monoisotopic (exact) mass is 348 g/mol. The van der Waals surface area contributed by atoms with Gasteiger partial charge in [0.2, 0.25) is 0 Å². The molecule has 0 aliphatic rings. The van der Waals surface area contributed by atoms with E-state index in [9.17, 15) is 4.79 Å². The first-order valence-corrected chi connectivity index (χ1v) is 7.23. The minimum atomic E-state index is -0.197. The van der Waals surface area contributed by atoms with Crippen LogP contribution in [0.4, 0.5) is 11.4 Å². The van der Waals surface area contributed by atoms with E-state index in [4.69, 9.17) is 10.5 Å². The van der Waals surface area contributed by atoms with Crippen LogP contribution < -0.4 is 15.8 Å². The zero-order valence-corrected chi connectivity index (χ0v) is 13.7. The van der Waals surface area contributed by atoms with Gasteiger partial charge in [-0.1, -0.05) is 0 Å². The number of benzene rings is 2. The van der Waals surface area contributed by atoms with Gasteiger partial charge in [-0.25, -0.2) is 0 Å². The Morgan fingerprint density at radius 3 is 2.38 bits per heavy atom. The number of hydrogen-bond acceptors (Lipinski definition) is 3. The number of methoxy groups -OCH3 is 1. The number of nitrogens with one attached hydrogen (secondary N) is 1. The molecule has 4 nitrogen and oxygen atoms in total. The molecule has 0 bridgehead atoms. The summed E-state index contributed by atoms with van der Waals surface area (Å²) < 4.78 is 5.87. The summed E-state index contributed by atoms with van der Waals surface area (Å²) in [6, 6.07) is 8.95. The Morgan fingerprint density at radius 1 is 1.19 bits per heavy atom. The number of carbonyl (C=O) groups is 1. The third-order valence-corrected chi connectivity index (χ3v) is 3.90. The van der Waals surface area contributed by atoms with E-state index in [1.54, 1.807) is 25.3 Å². The van der Waals surface area contributed by atoms with E-state index in [1.165, 1.54) is 0 Å². The van der Waals surface area contributed by atoms with Gasteiger partial charge in [-0.15, -0.1) is 0 Å². The quantitative estimate of drug-likeness (QED) is 0.826. The Bertz CT molecular complexity index is 676. The highest BCUT2D eigenvalue weighted by Crippen LogP contribution is 2.27. The zero-order valence-electron chi connectivity index (χ0n) is 12.2. The van der Waals surface area contributed by atoms with Crippen LogP contribution in [-0.2, 0) is 0 Å². The first-order valence-electron chi connectivity index (χ1n) is 6.44. The van der Waals surface area contributed by atoms with Gasteiger partial charge in [-0.05, 0) is 71.2 Å². The molecule has 0 aromatic heterocycles. The van der Waals surface area contributed by atoms with E-state index in [1.807, 2.05) is 26.0 Å². The van der Waals surface area contributed by atoms with Crippen LogP contribution in [0.25, 0.3) is 0 Å². The maximum Gasteiger partial charge on any atom is 0.256 e. The molecule has 0 aliphatic carbocycles. The third kappa shape index (κ3) is 3.36. The molecule has 2 aromatic rings. The van der Waals surface area contributed by atoms with E-state index in [-0.39, 0.29) is 5.91 Å². The smallest absolute Gasteiger partial charge is 0.256 e. The van der Waals surface area contributed by atoms with Gasteiger partial charge in [-0.2, -0.15) is 0 Å². The first kappa shape index (κ1) is 15.4. The standard InChI is InChI=1S/C16H17BrN2O2/c1-9-6-11(18)7-10(2)15(9)19-16(20)13-8-12(21-3)4-5-14(13)17/h4-8H,18H2,1-3H3,(H,19,20). The minimum Gasteiger partial charge on any atom is -0.497 e. The molecule has 0 radical (unpaired) electrons. The topological polar surface area (TPSA) is 64.3 Å². The highest BCUT2D eigenvalue weighted by atomic mass is 79.9. The summed E-state index contributed by atoms with van der Waals surface area (Å²) in [6.07, 6.45) is 0. The molecule has 0 spiro atoms. The Hall–Kier alpha value is -2.01. The molecule has 3 N–H and O–H groups in total. The lowest BCUT2D eigenvalue weighted by Gasteiger charge is -2.14. The van der Waals surface area contributed by atoms with E-state index in [2.05, 4.69) is 21.2 Å². The molecular weight excluding hydrogens is 332 g/mol. The van der Waals surface area contributed by atoms with Gasteiger partial charge in [0.05, 0.1) is 12.7 Å². The highest BCUT2D eigenvalue weighted by Gasteiger charge is 2.14. The first-order chi connectivity index (χ1) is 9.92. The van der Waals surface area contributed by atoms with Crippen LogP contribution in [0.5, 0.6) is 5.75 Å². The number of halogens is 1. The largest absolute Gasteiger partial charge is 0.497 e. The average Bonchev–Trinajstić information content (AvgIpc) is 2.43. The fourth-order valence-electron chi connectivity index (χ4n) is 2.18. The lowest BCUT2D eigenvalue weighted by Crippen LogP contribution is -2.14. The Kier molecular flexibility index (Phi) is 4.53. The number of hydrogen-bond donors (Lipinski definition) is 2. The molecule has 110 valence electrons.